The first-order valence-electron chi connectivity index (χ1n) is 9.43. The maximum absolute atomic E-state index is 12.3. The lowest BCUT2D eigenvalue weighted by molar-refractivity contribution is 0.0948. The van der Waals surface area contributed by atoms with Gasteiger partial charge in [-0.1, -0.05) is 24.3 Å². The number of amides is 1. The first-order valence-corrected chi connectivity index (χ1v) is 9.43. The topological polar surface area (TPSA) is 85.4 Å². The normalized spacial score (nSPS) is 10.3. The Morgan fingerprint density at radius 1 is 1.03 bits per heavy atom. The highest BCUT2D eigenvalue weighted by Crippen LogP contribution is 2.26. The Bertz CT molecular complexity index is 945. The van der Waals surface area contributed by atoms with Crippen molar-refractivity contribution in [1.29, 1.82) is 0 Å². The summed E-state index contributed by atoms with van der Waals surface area (Å²) in [5.41, 5.74) is 2.14. The lowest BCUT2D eigenvalue weighted by Gasteiger charge is -2.11. The Labute approximate surface area is 170 Å². The number of ether oxygens (including phenoxy) is 2. The van der Waals surface area contributed by atoms with Gasteiger partial charge in [0.05, 0.1) is 19.4 Å². The van der Waals surface area contributed by atoms with Gasteiger partial charge in [0, 0.05) is 6.54 Å². The van der Waals surface area contributed by atoms with Crippen molar-refractivity contribution in [2.24, 2.45) is 0 Å². The average molecular weight is 392 g/mol. The fraction of sp³-hybridized carbons (Fsp3) is 0.227. The van der Waals surface area contributed by atoms with E-state index in [4.69, 9.17) is 9.47 Å². The third kappa shape index (κ3) is 5.68. The molecule has 1 heterocycles. The van der Waals surface area contributed by atoms with Crippen molar-refractivity contribution in [3.63, 3.8) is 0 Å². The Hall–Kier alpha value is -3.61. The molecule has 1 amide bonds. The number of para-hydroxylation sites is 2. The molecule has 3 rings (SSSR count). The number of aromatic nitrogens is 2. The Kier molecular flexibility index (Phi) is 7.00. The van der Waals surface area contributed by atoms with Gasteiger partial charge in [-0.3, -0.25) is 4.79 Å². The molecule has 0 saturated heterocycles. The molecular weight excluding hydrogens is 368 g/mol. The highest BCUT2D eigenvalue weighted by molar-refractivity contribution is 5.92. The number of anilines is 2. The van der Waals surface area contributed by atoms with Crippen LogP contribution < -0.4 is 20.1 Å². The van der Waals surface area contributed by atoms with Crippen LogP contribution in [0.1, 0.15) is 23.0 Å². The zero-order valence-corrected chi connectivity index (χ0v) is 16.5. The number of nitrogens with zero attached hydrogens (tertiary/aromatic N) is 2. The first-order chi connectivity index (χ1) is 14.2. The van der Waals surface area contributed by atoms with Crippen LogP contribution in [0, 0.1) is 0 Å². The van der Waals surface area contributed by atoms with Gasteiger partial charge in [-0.25, -0.2) is 0 Å². The van der Waals surface area contributed by atoms with Gasteiger partial charge in [0.2, 0.25) is 0 Å². The molecule has 0 aliphatic heterocycles. The standard InChI is InChI=1S/C22H24N4O3/c1-3-29-20-10-5-4-9-18(20)24-21-12-11-19(25-26-21)22(27)23-14-13-16-7-6-8-17(15-16)28-2/h4-12,15H,3,13-14H2,1-2H3,(H,23,27)(H,24,26). The Morgan fingerprint density at radius 3 is 2.66 bits per heavy atom. The number of benzene rings is 2. The van der Waals surface area contributed by atoms with E-state index in [1.165, 1.54) is 0 Å². The van der Waals surface area contributed by atoms with Gasteiger partial charge in [-0.15, -0.1) is 10.2 Å². The second kappa shape index (κ2) is 10.1. The van der Waals surface area contributed by atoms with Crippen LogP contribution in [0.15, 0.2) is 60.7 Å². The monoisotopic (exact) mass is 392 g/mol. The molecule has 0 radical (unpaired) electrons. The zero-order valence-electron chi connectivity index (χ0n) is 16.5. The van der Waals surface area contributed by atoms with Gasteiger partial charge in [-0.05, 0) is 55.3 Å². The largest absolute Gasteiger partial charge is 0.497 e. The van der Waals surface area contributed by atoms with Gasteiger partial charge in [-0.2, -0.15) is 0 Å². The van der Waals surface area contributed by atoms with Crippen molar-refractivity contribution in [2.75, 3.05) is 25.6 Å². The molecule has 0 saturated carbocycles. The highest BCUT2D eigenvalue weighted by atomic mass is 16.5. The smallest absolute Gasteiger partial charge is 0.271 e. The van der Waals surface area contributed by atoms with Crippen LogP contribution in [-0.2, 0) is 6.42 Å². The summed E-state index contributed by atoms with van der Waals surface area (Å²) < 4.78 is 10.8. The minimum absolute atomic E-state index is 0.262. The van der Waals surface area contributed by atoms with E-state index < -0.39 is 0 Å². The number of nitrogens with one attached hydrogen (secondary N) is 2. The number of hydrogen-bond acceptors (Lipinski definition) is 6. The second-order valence-corrected chi connectivity index (χ2v) is 6.22. The maximum Gasteiger partial charge on any atom is 0.271 e. The fourth-order valence-corrected chi connectivity index (χ4v) is 2.75. The number of carbonyl (C=O) groups excluding carboxylic acids is 1. The van der Waals surface area contributed by atoms with Crippen molar-refractivity contribution >= 4 is 17.4 Å². The SMILES string of the molecule is CCOc1ccccc1Nc1ccc(C(=O)NCCc2cccc(OC)c2)nn1. The minimum atomic E-state index is -0.262. The van der Waals surface area contributed by atoms with Gasteiger partial charge in [0.25, 0.3) is 5.91 Å². The van der Waals surface area contributed by atoms with E-state index in [1.807, 2.05) is 55.5 Å². The fourth-order valence-electron chi connectivity index (χ4n) is 2.75. The van der Waals surface area contributed by atoms with Crippen molar-refractivity contribution in [2.45, 2.75) is 13.3 Å². The summed E-state index contributed by atoms with van der Waals surface area (Å²) in [6.07, 6.45) is 0.699. The molecule has 29 heavy (non-hydrogen) atoms. The maximum atomic E-state index is 12.3. The molecule has 0 unspecified atom stereocenters. The summed E-state index contributed by atoms with van der Waals surface area (Å²) in [6.45, 7) is 2.99. The zero-order chi connectivity index (χ0) is 20.5. The van der Waals surface area contributed by atoms with Gasteiger partial charge in [0.1, 0.15) is 11.5 Å². The van der Waals surface area contributed by atoms with Gasteiger partial charge < -0.3 is 20.1 Å². The lowest BCUT2D eigenvalue weighted by Crippen LogP contribution is -2.26. The number of hydrogen-bond donors (Lipinski definition) is 2. The van der Waals surface area contributed by atoms with Crippen molar-refractivity contribution < 1.29 is 14.3 Å². The number of carbonyl (C=O) groups is 1. The summed E-state index contributed by atoms with van der Waals surface area (Å²) in [5.74, 6) is 1.80. The molecule has 0 spiro atoms. The van der Waals surface area contributed by atoms with E-state index in [-0.39, 0.29) is 11.6 Å². The van der Waals surface area contributed by atoms with E-state index in [1.54, 1.807) is 19.2 Å². The van der Waals surface area contributed by atoms with E-state index in [2.05, 4.69) is 20.8 Å². The molecule has 0 atom stereocenters. The molecule has 1 aromatic heterocycles. The van der Waals surface area contributed by atoms with E-state index >= 15 is 0 Å². The third-order valence-corrected chi connectivity index (χ3v) is 4.18. The molecule has 2 N–H and O–H groups in total. The molecule has 0 aliphatic carbocycles. The number of methoxy groups -OCH3 is 1. The molecule has 7 heteroatoms. The van der Waals surface area contributed by atoms with Gasteiger partial charge >= 0.3 is 0 Å². The van der Waals surface area contributed by atoms with Crippen LogP contribution in [-0.4, -0.2) is 36.4 Å². The molecule has 7 nitrogen and oxygen atoms in total. The molecule has 0 fully saturated rings. The van der Waals surface area contributed by atoms with Crippen molar-refractivity contribution in [1.82, 2.24) is 15.5 Å². The van der Waals surface area contributed by atoms with E-state index in [0.29, 0.717) is 25.4 Å². The summed E-state index contributed by atoms with van der Waals surface area (Å²) in [4.78, 5) is 12.3. The first kappa shape index (κ1) is 20.1. The van der Waals surface area contributed by atoms with Crippen LogP contribution >= 0.6 is 0 Å². The summed E-state index contributed by atoms with van der Waals surface area (Å²) in [5, 5.41) is 14.1. The van der Waals surface area contributed by atoms with E-state index in [0.717, 1.165) is 22.7 Å². The highest BCUT2D eigenvalue weighted by Gasteiger charge is 2.09. The second-order valence-electron chi connectivity index (χ2n) is 6.22. The molecule has 3 aromatic rings. The Balaban J connectivity index is 1.55. The summed E-state index contributed by atoms with van der Waals surface area (Å²) in [6, 6.07) is 18.7. The van der Waals surface area contributed by atoms with Crippen LogP contribution in [0.25, 0.3) is 0 Å². The lowest BCUT2D eigenvalue weighted by atomic mass is 10.1. The molecule has 0 aliphatic rings. The number of rotatable bonds is 9. The molecule has 0 bridgehead atoms. The van der Waals surface area contributed by atoms with Crippen LogP contribution in [0.5, 0.6) is 11.5 Å². The van der Waals surface area contributed by atoms with Crippen LogP contribution in [0.3, 0.4) is 0 Å². The average Bonchev–Trinajstić information content (AvgIpc) is 2.76. The quantitative estimate of drug-likeness (QED) is 0.579. The summed E-state index contributed by atoms with van der Waals surface area (Å²) in [7, 11) is 1.63. The summed E-state index contributed by atoms with van der Waals surface area (Å²) >= 11 is 0. The third-order valence-electron chi connectivity index (χ3n) is 4.18. The van der Waals surface area contributed by atoms with Crippen molar-refractivity contribution in [3.05, 3.63) is 71.9 Å². The molecular formula is C22H24N4O3. The van der Waals surface area contributed by atoms with Gasteiger partial charge in [0.15, 0.2) is 11.5 Å². The molecule has 150 valence electrons. The predicted octanol–water partition coefficient (Wildman–Crippen LogP) is 3.60. The van der Waals surface area contributed by atoms with Crippen LogP contribution in [0.2, 0.25) is 0 Å². The predicted molar refractivity (Wildman–Crippen MR) is 112 cm³/mol. The van der Waals surface area contributed by atoms with E-state index in [9.17, 15) is 4.79 Å². The minimum Gasteiger partial charge on any atom is -0.497 e. The van der Waals surface area contributed by atoms with Crippen LogP contribution in [0.4, 0.5) is 11.5 Å². The molecule has 2 aromatic carbocycles. The Morgan fingerprint density at radius 2 is 1.90 bits per heavy atom. The van der Waals surface area contributed by atoms with Crippen molar-refractivity contribution in [3.8, 4) is 11.5 Å².